The second-order valence-electron chi connectivity index (χ2n) is 11.5. The molecule has 0 aliphatic carbocycles. The number of anilines is 3. The van der Waals surface area contributed by atoms with Crippen molar-refractivity contribution in [3.05, 3.63) is 138 Å². The number of hydrogen-bond donors (Lipinski definition) is 3. The van der Waals surface area contributed by atoms with Crippen LogP contribution >= 0.6 is 0 Å². The SMILES string of the molecule is CCC[n+]1cccc2cc(NC(=O)c3ccc(C(=O)Nc4ccc(NC(=O)c5ccc6c(ccc[n+]6CCC)c5)cc4)cc3)ccc21. The summed E-state index contributed by atoms with van der Waals surface area (Å²) in [5, 5.41) is 10.8. The van der Waals surface area contributed by atoms with Crippen molar-refractivity contribution in [1.29, 1.82) is 0 Å². The summed E-state index contributed by atoms with van der Waals surface area (Å²) in [6.07, 6.45) is 6.18. The van der Waals surface area contributed by atoms with E-state index in [4.69, 9.17) is 0 Å². The predicted molar refractivity (Wildman–Crippen MR) is 186 cm³/mol. The van der Waals surface area contributed by atoms with Crippen molar-refractivity contribution in [3.8, 4) is 0 Å². The number of fused-ring (bicyclic) bond motifs is 2. The fraction of sp³-hybridized carbons (Fsp3) is 0.154. The van der Waals surface area contributed by atoms with Gasteiger partial charge in [0.25, 0.3) is 17.7 Å². The van der Waals surface area contributed by atoms with Crippen molar-refractivity contribution in [3.63, 3.8) is 0 Å². The van der Waals surface area contributed by atoms with Crippen LogP contribution in [-0.2, 0) is 13.1 Å². The molecule has 0 saturated carbocycles. The Morgan fingerprint density at radius 3 is 1.40 bits per heavy atom. The van der Waals surface area contributed by atoms with Gasteiger partial charge in [-0.2, -0.15) is 9.13 Å². The van der Waals surface area contributed by atoms with Crippen LogP contribution in [0.3, 0.4) is 0 Å². The molecule has 0 bridgehead atoms. The summed E-state index contributed by atoms with van der Waals surface area (Å²) >= 11 is 0. The van der Waals surface area contributed by atoms with E-state index in [2.05, 4.69) is 51.3 Å². The van der Waals surface area contributed by atoms with Crippen LogP contribution in [0, 0.1) is 0 Å². The van der Waals surface area contributed by atoms with E-state index in [0.29, 0.717) is 33.8 Å². The summed E-state index contributed by atoms with van der Waals surface area (Å²) in [6.45, 7) is 6.13. The molecule has 3 N–H and O–H groups in total. The van der Waals surface area contributed by atoms with Gasteiger partial charge in [-0.25, -0.2) is 0 Å². The van der Waals surface area contributed by atoms with Crippen molar-refractivity contribution in [1.82, 2.24) is 0 Å². The molecule has 6 rings (SSSR count). The van der Waals surface area contributed by atoms with Gasteiger partial charge >= 0.3 is 0 Å². The molecule has 0 aliphatic rings. The van der Waals surface area contributed by atoms with Crippen molar-refractivity contribution in [2.45, 2.75) is 39.8 Å². The van der Waals surface area contributed by atoms with E-state index in [1.54, 1.807) is 48.5 Å². The van der Waals surface area contributed by atoms with Gasteiger partial charge < -0.3 is 16.0 Å². The summed E-state index contributed by atoms with van der Waals surface area (Å²) in [5.74, 6) is -0.769. The lowest BCUT2D eigenvalue weighted by atomic mass is 10.1. The van der Waals surface area contributed by atoms with Gasteiger partial charge in [0.2, 0.25) is 11.0 Å². The Labute approximate surface area is 273 Å². The molecule has 0 unspecified atom stereocenters. The van der Waals surface area contributed by atoms with Crippen LogP contribution in [0.4, 0.5) is 17.1 Å². The lowest BCUT2D eigenvalue weighted by Gasteiger charge is -2.09. The quantitative estimate of drug-likeness (QED) is 0.142. The molecule has 2 aromatic heterocycles. The predicted octanol–water partition coefficient (Wildman–Crippen LogP) is 7.14. The number of aryl methyl sites for hydroxylation is 2. The van der Waals surface area contributed by atoms with Gasteiger partial charge in [-0.15, -0.1) is 0 Å². The Balaban J connectivity index is 1.05. The van der Waals surface area contributed by atoms with E-state index in [0.717, 1.165) is 47.7 Å². The Hall–Kier alpha value is -5.89. The van der Waals surface area contributed by atoms with E-state index in [1.165, 1.54) is 0 Å². The van der Waals surface area contributed by atoms with E-state index < -0.39 is 0 Å². The Morgan fingerprint density at radius 2 is 0.894 bits per heavy atom. The molecule has 6 aromatic rings. The average Bonchev–Trinajstić information content (AvgIpc) is 3.09. The summed E-state index contributed by atoms with van der Waals surface area (Å²) in [4.78, 5) is 38.8. The molecule has 0 aliphatic heterocycles. The van der Waals surface area contributed by atoms with E-state index in [1.807, 2.05) is 60.7 Å². The van der Waals surface area contributed by atoms with Gasteiger partial charge in [-0.05, 0) is 84.9 Å². The molecule has 47 heavy (non-hydrogen) atoms. The number of rotatable bonds is 10. The first-order valence-electron chi connectivity index (χ1n) is 15.9. The molecule has 234 valence electrons. The largest absolute Gasteiger partial charge is 0.322 e. The van der Waals surface area contributed by atoms with Crippen LogP contribution in [-0.4, -0.2) is 17.7 Å². The molecular formula is C39H37N5O3+2. The number of pyridine rings is 2. The van der Waals surface area contributed by atoms with Crippen LogP contribution in [0.25, 0.3) is 21.8 Å². The van der Waals surface area contributed by atoms with Crippen molar-refractivity contribution in [2.24, 2.45) is 0 Å². The second-order valence-corrected chi connectivity index (χ2v) is 11.5. The maximum absolute atomic E-state index is 13.0. The number of hydrogen-bond acceptors (Lipinski definition) is 3. The smallest absolute Gasteiger partial charge is 0.255 e. The molecule has 0 radical (unpaired) electrons. The van der Waals surface area contributed by atoms with Crippen LogP contribution < -0.4 is 25.1 Å². The number of carbonyl (C=O) groups excluding carboxylic acids is 3. The van der Waals surface area contributed by atoms with Gasteiger partial charge in [0.1, 0.15) is 13.1 Å². The van der Waals surface area contributed by atoms with Gasteiger partial charge in [0.15, 0.2) is 12.4 Å². The first-order valence-corrected chi connectivity index (χ1v) is 15.9. The molecule has 8 heteroatoms. The molecule has 8 nitrogen and oxygen atoms in total. The Kier molecular flexibility index (Phi) is 9.29. The molecule has 0 atom stereocenters. The molecule has 0 saturated heterocycles. The normalized spacial score (nSPS) is 10.9. The number of carbonyl (C=O) groups is 3. The fourth-order valence-electron chi connectivity index (χ4n) is 5.67. The summed E-state index contributed by atoms with van der Waals surface area (Å²) < 4.78 is 4.38. The van der Waals surface area contributed by atoms with Gasteiger partial charge in [0.05, 0.1) is 0 Å². The first kappa shape index (κ1) is 31.1. The lowest BCUT2D eigenvalue weighted by Crippen LogP contribution is -2.33. The van der Waals surface area contributed by atoms with Crippen LogP contribution in [0.15, 0.2) is 122 Å². The topological polar surface area (TPSA) is 95.1 Å². The third kappa shape index (κ3) is 7.17. The Bertz CT molecular complexity index is 2090. The first-order chi connectivity index (χ1) is 22.9. The van der Waals surface area contributed by atoms with E-state index in [9.17, 15) is 14.4 Å². The zero-order valence-electron chi connectivity index (χ0n) is 26.5. The molecule has 0 spiro atoms. The standard InChI is InChI=1S/C39H35N5O3/c1-3-21-43-23-5-7-29-25-31(13-19-35(29)43)39(47)41-33-16-14-32(15-17-33)40-37(45)27-9-11-28(12-10-27)38(46)42-34-18-20-36-30(26-34)8-6-24-44(36)22-4-2/h5-20,23-26H,3-4,21-22H2,1-2H3,(H-2,40,41,42,45,46,47)/p+2. The maximum atomic E-state index is 13.0. The number of benzene rings is 4. The maximum Gasteiger partial charge on any atom is 0.255 e. The minimum Gasteiger partial charge on any atom is -0.322 e. The fourth-order valence-corrected chi connectivity index (χ4v) is 5.67. The average molecular weight is 624 g/mol. The van der Waals surface area contributed by atoms with Crippen LogP contribution in [0.1, 0.15) is 57.8 Å². The molecule has 4 aromatic carbocycles. The third-order valence-electron chi connectivity index (χ3n) is 8.02. The highest BCUT2D eigenvalue weighted by Gasteiger charge is 2.14. The van der Waals surface area contributed by atoms with Crippen LogP contribution in [0.2, 0.25) is 0 Å². The number of aromatic nitrogens is 2. The summed E-state index contributed by atoms with van der Waals surface area (Å²) in [5.41, 5.74) is 5.54. The highest BCUT2D eigenvalue weighted by atomic mass is 16.2. The highest BCUT2D eigenvalue weighted by Crippen LogP contribution is 2.20. The molecular weight excluding hydrogens is 586 g/mol. The van der Waals surface area contributed by atoms with Gasteiger partial charge in [-0.1, -0.05) is 13.8 Å². The highest BCUT2D eigenvalue weighted by molar-refractivity contribution is 6.08. The Morgan fingerprint density at radius 1 is 0.489 bits per heavy atom. The molecule has 2 heterocycles. The third-order valence-corrected chi connectivity index (χ3v) is 8.02. The van der Waals surface area contributed by atoms with E-state index >= 15 is 0 Å². The van der Waals surface area contributed by atoms with Crippen molar-refractivity contribution in [2.75, 3.05) is 16.0 Å². The monoisotopic (exact) mass is 623 g/mol. The summed E-state index contributed by atoms with van der Waals surface area (Å²) in [6, 6.07) is 33.1. The molecule has 0 fully saturated rings. The number of amides is 3. The zero-order chi connectivity index (χ0) is 32.8. The number of nitrogens with one attached hydrogen (secondary N) is 3. The van der Waals surface area contributed by atoms with Crippen molar-refractivity contribution >= 4 is 56.6 Å². The lowest BCUT2D eigenvalue weighted by molar-refractivity contribution is -0.671. The van der Waals surface area contributed by atoms with Crippen LogP contribution in [0.5, 0.6) is 0 Å². The van der Waals surface area contributed by atoms with Gasteiger partial charge in [-0.3, -0.25) is 14.4 Å². The minimum atomic E-state index is -0.305. The van der Waals surface area contributed by atoms with E-state index in [-0.39, 0.29) is 17.7 Å². The van der Waals surface area contributed by atoms with Crippen molar-refractivity contribution < 1.29 is 23.5 Å². The minimum absolute atomic E-state index is 0.209. The zero-order valence-corrected chi connectivity index (χ0v) is 26.5. The second kappa shape index (κ2) is 14.0. The summed E-state index contributed by atoms with van der Waals surface area (Å²) in [7, 11) is 0. The number of nitrogens with zero attached hydrogens (tertiary/aromatic N) is 2. The van der Waals surface area contributed by atoms with Gasteiger partial charge in [0, 0.05) is 81.6 Å². The molecule has 3 amide bonds.